The molecular weight excluding hydrogens is 208 g/mol. The van der Waals surface area contributed by atoms with E-state index in [2.05, 4.69) is 11.6 Å². The van der Waals surface area contributed by atoms with Crippen LogP contribution in [0.1, 0.15) is 39.0 Å². The van der Waals surface area contributed by atoms with Gasteiger partial charge < -0.3 is 11.1 Å². The van der Waals surface area contributed by atoms with Crippen LogP contribution >= 0.6 is 11.8 Å². The topological polar surface area (TPSA) is 55.1 Å². The van der Waals surface area contributed by atoms with Gasteiger partial charge in [-0.2, -0.15) is 11.8 Å². The van der Waals surface area contributed by atoms with Crippen molar-refractivity contribution >= 4 is 17.7 Å². The van der Waals surface area contributed by atoms with Gasteiger partial charge >= 0.3 is 0 Å². The lowest BCUT2D eigenvalue weighted by Crippen LogP contribution is -2.49. The fourth-order valence-electron chi connectivity index (χ4n) is 2.02. The van der Waals surface area contributed by atoms with E-state index in [1.165, 1.54) is 19.3 Å². The summed E-state index contributed by atoms with van der Waals surface area (Å²) in [5, 5.41) is 3.66. The molecule has 1 rings (SSSR count). The molecule has 0 heterocycles. The molecule has 0 spiro atoms. The predicted molar refractivity (Wildman–Crippen MR) is 66.0 cm³/mol. The molecule has 1 aliphatic rings. The van der Waals surface area contributed by atoms with Gasteiger partial charge in [0.2, 0.25) is 5.91 Å². The van der Waals surface area contributed by atoms with E-state index in [1.54, 1.807) is 0 Å². The van der Waals surface area contributed by atoms with Crippen molar-refractivity contribution in [3.63, 3.8) is 0 Å². The van der Waals surface area contributed by atoms with Gasteiger partial charge in [-0.25, -0.2) is 0 Å². The molecule has 0 bridgehead atoms. The third-order valence-electron chi connectivity index (χ3n) is 3.11. The van der Waals surface area contributed by atoms with Crippen molar-refractivity contribution < 1.29 is 4.79 Å². The van der Waals surface area contributed by atoms with Gasteiger partial charge in [0.25, 0.3) is 0 Å². The van der Waals surface area contributed by atoms with Crippen molar-refractivity contribution in [1.82, 2.24) is 5.32 Å². The molecule has 2 unspecified atom stereocenters. The van der Waals surface area contributed by atoms with E-state index in [-0.39, 0.29) is 11.9 Å². The van der Waals surface area contributed by atoms with Gasteiger partial charge in [0.1, 0.15) is 0 Å². The lowest BCUT2D eigenvalue weighted by atomic mass is 9.94. The second-order valence-corrected chi connectivity index (χ2v) is 5.27. The summed E-state index contributed by atoms with van der Waals surface area (Å²) in [6.07, 6.45) is 7.67. The average Bonchev–Trinajstić information content (AvgIpc) is 2.28. The van der Waals surface area contributed by atoms with Crippen LogP contribution in [0.4, 0.5) is 0 Å². The maximum absolute atomic E-state index is 11.7. The number of nitrogens with two attached hydrogens (primary N) is 1. The second kappa shape index (κ2) is 6.38. The van der Waals surface area contributed by atoms with Crippen molar-refractivity contribution in [2.75, 3.05) is 6.26 Å². The van der Waals surface area contributed by atoms with E-state index in [4.69, 9.17) is 5.73 Å². The summed E-state index contributed by atoms with van der Waals surface area (Å²) in [7, 11) is 0. The molecule has 0 aliphatic heterocycles. The Morgan fingerprint density at radius 1 is 1.53 bits per heavy atom. The zero-order chi connectivity index (χ0) is 11.3. The zero-order valence-corrected chi connectivity index (χ0v) is 10.5. The number of hydrogen-bond acceptors (Lipinski definition) is 3. The Morgan fingerprint density at radius 2 is 2.20 bits per heavy atom. The Bertz CT molecular complexity index is 211. The zero-order valence-electron chi connectivity index (χ0n) is 9.66. The highest BCUT2D eigenvalue weighted by Crippen LogP contribution is 2.27. The molecule has 3 nitrogen and oxygen atoms in total. The number of thioether (sulfide) groups is 1. The first kappa shape index (κ1) is 12.8. The van der Waals surface area contributed by atoms with E-state index in [1.807, 2.05) is 18.7 Å². The normalized spacial score (nSPS) is 28.5. The van der Waals surface area contributed by atoms with Gasteiger partial charge in [0.15, 0.2) is 0 Å². The fraction of sp³-hybridized carbons (Fsp3) is 0.909. The Labute approximate surface area is 96.6 Å². The molecule has 4 heteroatoms. The van der Waals surface area contributed by atoms with Crippen LogP contribution in [-0.4, -0.2) is 29.5 Å². The van der Waals surface area contributed by atoms with E-state index in [9.17, 15) is 4.79 Å². The number of rotatable bonds is 4. The van der Waals surface area contributed by atoms with Crippen molar-refractivity contribution in [2.45, 2.75) is 56.4 Å². The third kappa shape index (κ3) is 3.68. The van der Waals surface area contributed by atoms with Crippen LogP contribution in [0, 0.1) is 0 Å². The summed E-state index contributed by atoms with van der Waals surface area (Å²) in [4.78, 5) is 11.7. The second-order valence-electron chi connectivity index (χ2n) is 4.19. The number of hydrogen-bond donors (Lipinski definition) is 2. The number of amides is 1. The number of nitrogens with one attached hydrogen (secondary N) is 1. The summed E-state index contributed by atoms with van der Waals surface area (Å²) >= 11 is 1.86. The van der Waals surface area contributed by atoms with E-state index in [0.717, 1.165) is 6.42 Å². The van der Waals surface area contributed by atoms with E-state index < -0.39 is 0 Å². The summed E-state index contributed by atoms with van der Waals surface area (Å²) < 4.78 is 0. The molecule has 1 amide bonds. The Morgan fingerprint density at radius 3 is 2.80 bits per heavy atom. The highest BCUT2D eigenvalue weighted by molar-refractivity contribution is 7.99. The maximum Gasteiger partial charge on any atom is 0.237 e. The van der Waals surface area contributed by atoms with Crippen LogP contribution in [0.5, 0.6) is 0 Å². The summed E-state index contributed by atoms with van der Waals surface area (Å²) in [6, 6.07) is -0.00622. The van der Waals surface area contributed by atoms with E-state index in [0.29, 0.717) is 17.7 Å². The van der Waals surface area contributed by atoms with Crippen LogP contribution in [0.25, 0.3) is 0 Å². The van der Waals surface area contributed by atoms with Gasteiger partial charge in [-0.05, 0) is 25.5 Å². The van der Waals surface area contributed by atoms with Crippen LogP contribution in [0.15, 0.2) is 0 Å². The van der Waals surface area contributed by atoms with Crippen molar-refractivity contribution in [3.8, 4) is 0 Å². The monoisotopic (exact) mass is 230 g/mol. The van der Waals surface area contributed by atoms with Crippen molar-refractivity contribution in [1.29, 1.82) is 0 Å². The summed E-state index contributed by atoms with van der Waals surface area (Å²) in [5.74, 6) is 0.0171. The third-order valence-corrected chi connectivity index (χ3v) is 4.28. The van der Waals surface area contributed by atoms with Crippen LogP contribution in [0.3, 0.4) is 0 Å². The first-order valence-electron chi connectivity index (χ1n) is 5.77. The average molecular weight is 230 g/mol. The standard InChI is InChI=1S/C11H22N2OS/c1-3-8(12)11(14)13-9-6-4-5-7-10(9)15-2/h8-10H,3-7,12H2,1-2H3,(H,13,14)/t8-,9?,10?/m0/s1. The molecule has 0 aromatic rings. The predicted octanol–water partition coefficient (Wildman–Crippen LogP) is 1.51. The summed E-state index contributed by atoms with van der Waals surface area (Å²) in [6.45, 7) is 1.94. The molecule has 3 N–H and O–H groups in total. The molecule has 3 atom stereocenters. The van der Waals surface area contributed by atoms with Gasteiger partial charge in [0, 0.05) is 11.3 Å². The van der Waals surface area contributed by atoms with Gasteiger partial charge in [-0.3, -0.25) is 4.79 Å². The van der Waals surface area contributed by atoms with Crippen molar-refractivity contribution in [3.05, 3.63) is 0 Å². The Balaban J connectivity index is 2.44. The molecule has 15 heavy (non-hydrogen) atoms. The molecule has 88 valence electrons. The molecule has 0 saturated heterocycles. The van der Waals surface area contributed by atoms with Gasteiger partial charge in [-0.15, -0.1) is 0 Å². The number of carbonyl (C=O) groups excluding carboxylic acids is 1. The van der Waals surface area contributed by atoms with Crippen LogP contribution in [-0.2, 0) is 4.79 Å². The van der Waals surface area contributed by atoms with Gasteiger partial charge in [-0.1, -0.05) is 19.8 Å². The minimum atomic E-state index is -0.338. The van der Waals surface area contributed by atoms with E-state index >= 15 is 0 Å². The quantitative estimate of drug-likeness (QED) is 0.770. The molecule has 1 fully saturated rings. The fourth-order valence-corrected chi connectivity index (χ4v) is 2.95. The minimum absolute atomic E-state index is 0.0171. The highest BCUT2D eigenvalue weighted by Gasteiger charge is 2.26. The SMILES string of the molecule is CC[C@H](N)C(=O)NC1CCCCC1SC. The van der Waals surface area contributed by atoms with Gasteiger partial charge in [0.05, 0.1) is 6.04 Å². The molecule has 0 aromatic carbocycles. The highest BCUT2D eigenvalue weighted by atomic mass is 32.2. The smallest absolute Gasteiger partial charge is 0.237 e. The van der Waals surface area contributed by atoms with Crippen molar-refractivity contribution in [2.24, 2.45) is 5.73 Å². The lowest BCUT2D eigenvalue weighted by molar-refractivity contribution is -0.123. The Kier molecular flexibility index (Phi) is 5.47. The van der Waals surface area contributed by atoms with Crippen LogP contribution < -0.4 is 11.1 Å². The summed E-state index contributed by atoms with van der Waals surface area (Å²) in [5.41, 5.74) is 5.70. The Hall–Kier alpha value is -0.220. The molecular formula is C11H22N2OS. The lowest BCUT2D eigenvalue weighted by Gasteiger charge is -2.31. The molecule has 0 radical (unpaired) electrons. The van der Waals surface area contributed by atoms with Crippen LogP contribution in [0.2, 0.25) is 0 Å². The minimum Gasteiger partial charge on any atom is -0.351 e. The molecule has 1 saturated carbocycles. The maximum atomic E-state index is 11.7. The number of carbonyl (C=O) groups is 1. The largest absolute Gasteiger partial charge is 0.351 e. The molecule has 0 aromatic heterocycles. The first-order valence-corrected chi connectivity index (χ1v) is 7.06. The molecule has 1 aliphatic carbocycles. The first-order chi connectivity index (χ1) is 7.19.